The normalized spacial score (nSPS) is 16.2. The summed E-state index contributed by atoms with van der Waals surface area (Å²) >= 11 is 0. The van der Waals surface area contributed by atoms with E-state index in [1.807, 2.05) is 43.3 Å². The summed E-state index contributed by atoms with van der Waals surface area (Å²) in [6.45, 7) is 7.45. The van der Waals surface area contributed by atoms with E-state index in [4.69, 9.17) is 4.52 Å². The number of hydrogen-bond acceptors (Lipinski definition) is 5. The topological polar surface area (TPSA) is 61.6 Å². The van der Waals surface area contributed by atoms with E-state index in [0.29, 0.717) is 13.1 Å². The molecule has 1 fully saturated rings. The molecule has 1 amide bonds. The number of nitrogens with zero attached hydrogens (tertiary/aromatic N) is 3. The van der Waals surface area contributed by atoms with Gasteiger partial charge in [-0.3, -0.25) is 14.6 Å². The van der Waals surface area contributed by atoms with Crippen LogP contribution >= 0.6 is 0 Å². The van der Waals surface area contributed by atoms with E-state index < -0.39 is 0 Å². The fourth-order valence-corrected chi connectivity index (χ4v) is 2.88. The van der Waals surface area contributed by atoms with Gasteiger partial charge in [-0.2, -0.15) is 0 Å². The molecular formula is C18H24N4O2. The van der Waals surface area contributed by atoms with E-state index in [0.717, 1.165) is 49.7 Å². The van der Waals surface area contributed by atoms with Gasteiger partial charge in [0.05, 0.1) is 12.2 Å². The number of carbonyl (C=O) groups is 1. The molecule has 1 saturated heterocycles. The lowest BCUT2D eigenvalue weighted by Gasteiger charge is -2.33. The van der Waals surface area contributed by atoms with Crippen LogP contribution in [0.25, 0.3) is 0 Å². The van der Waals surface area contributed by atoms with Gasteiger partial charge in [0.15, 0.2) is 0 Å². The van der Waals surface area contributed by atoms with Crippen LogP contribution < -0.4 is 5.32 Å². The van der Waals surface area contributed by atoms with Crippen molar-refractivity contribution in [2.45, 2.75) is 20.0 Å². The van der Waals surface area contributed by atoms with Crippen molar-refractivity contribution in [2.75, 3.05) is 32.7 Å². The summed E-state index contributed by atoms with van der Waals surface area (Å²) in [5.41, 5.74) is 2.10. The van der Waals surface area contributed by atoms with E-state index in [9.17, 15) is 4.79 Å². The quantitative estimate of drug-likeness (QED) is 0.869. The van der Waals surface area contributed by atoms with Crippen LogP contribution in [0.4, 0.5) is 0 Å². The number of aryl methyl sites for hydroxylation is 1. The predicted molar refractivity (Wildman–Crippen MR) is 91.2 cm³/mol. The summed E-state index contributed by atoms with van der Waals surface area (Å²) in [6.07, 6.45) is 0. The van der Waals surface area contributed by atoms with Gasteiger partial charge >= 0.3 is 0 Å². The first-order valence-corrected chi connectivity index (χ1v) is 8.36. The minimum absolute atomic E-state index is 0.0828. The minimum Gasteiger partial charge on any atom is -0.361 e. The number of aromatic nitrogens is 1. The molecule has 0 unspecified atom stereocenters. The Balaban J connectivity index is 1.36. The monoisotopic (exact) mass is 328 g/mol. The van der Waals surface area contributed by atoms with Crippen LogP contribution in [0.1, 0.15) is 17.0 Å². The van der Waals surface area contributed by atoms with E-state index in [1.54, 1.807) is 0 Å². The lowest BCUT2D eigenvalue weighted by molar-refractivity contribution is -0.122. The molecule has 0 spiro atoms. The largest absolute Gasteiger partial charge is 0.361 e. The summed E-state index contributed by atoms with van der Waals surface area (Å²) in [7, 11) is 0. The number of amides is 1. The van der Waals surface area contributed by atoms with Crippen LogP contribution in [0, 0.1) is 6.92 Å². The van der Waals surface area contributed by atoms with Gasteiger partial charge in [0.25, 0.3) is 0 Å². The third kappa shape index (κ3) is 4.91. The minimum atomic E-state index is 0.0828. The number of benzene rings is 1. The standard InChI is InChI=1S/C18H24N4O2/c1-15-11-17(20-24-15)13-21-7-9-22(10-8-21)14-18(23)19-12-16-5-3-2-4-6-16/h2-6,11H,7-10,12-14H2,1H3,(H,19,23). The molecule has 0 bridgehead atoms. The maximum Gasteiger partial charge on any atom is 0.234 e. The van der Waals surface area contributed by atoms with Crippen molar-refractivity contribution < 1.29 is 9.32 Å². The van der Waals surface area contributed by atoms with Gasteiger partial charge in [0.2, 0.25) is 5.91 Å². The molecule has 2 aromatic rings. The van der Waals surface area contributed by atoms with Gasteiger partial charge in [0, 0.05) is 45.3 Å². The van der Waals surface area contributed by atoms with E-state index >= 15 is 0 Å². The van der Waals surface area contributed by atoms with Crippen LogP contribution in [0.5, 0.6) is 0 Å². The van der Waals surface area contributed by atoms with Gasteiger partial charge < -0.3 is 9.84 Å². The molecule has 128 valence electrons. The first-order chi connectivity index (χ1) is 11.7. The number of rotatable bonds is 6. The van der Waals surface area contributed by atoms with Gasteiger partial charge in [-0.05, 0) is 12.5 Å². The van der Waals surface area contributed by atoms with Crippen LogP contribution in [0.2, 0.25) is 0 Å². The molecule has 1 aliphatic heterocycles. The van der Waals surface area contributed by atoms with Crippen LogP contribution in [-0.2, 0) is 17.9 Å². The van der Waals surface area contributed by atoms with Crippen molar-refractivity contribution in [3.8, 4) is 0 Å². The molecule has 0 atom stereocenters. The first-order valence-electron chi connectivity index (χ1n) is 8.36. The average Bonchev–Trinajstić information content (AvgIpc) is 3.01. The summed E-state index contributed by atoms with van der Waals surface area (Å²) < 4.78 is 5.10. The second-order valence-corrected chi connectivity index (χ2v) is 6.24. The molecule has 0 saturated carbocycles. The Labute approximate surface area is 142 Å². The maximum atomic E-state index is 12.1. The molecule has 1 aromatic heterocycles. The van der Waals surface area contributed by atoms with Crippen LogP contribution in [0.15, 0.2) is 40.9 Å². The second-order valence-electron chi connectivity index (χ2n) is 6.24. The number of nitrogens with one attached hydrogen (secondary N) is 1. The lowest BCUT2D eigenvalue weighted by Crippen LogP contribution is -2.49. The van der Waals surface area contributed by atoms with Gasteiger partial charge in [-0.15, -0.1) is 0 Å². The van der Waals surface area contributed by atoms with Gasteiger partial charge in [0.1, 0.15) is 5.76 Å². The van der Waals surface area contributed by atoms with E-state index in [1.165, 1.54) is 0 Å². The first kappa shape index (κ1) is 16.7. The Kier molecular flexibility index (Phi) is 5.61. The zero-order chi connectivity index (χ0) is 16.8. The molecule has 2 heterocycles. The smallest absolute Gasteiger partial charge is 0.234 e. The molecule has 1 aromatic carbocycles. The third-order valence-corrected chi connectivity index (χ3v) is 4.23. The molecule has 0 radical (unpaired) electrons. The van der Waals surface area contributed by atoms with Crippen molar-refractivity contribution in [3.63, 3.8) is 0 Å². The Morgan fingerprint density at radius 1 is 1.17 bits per heavy atom. The molecule has 1 N–H and O–H groups in total. The van der Waals surface area contributed by atoms with Crippen molar-refractivity contribution in [1.82, 2.24) is 20.3 Å². The highest BCUT2D eigenvalue weighted by molar-refractivity contribution is 5.78. The van der Waals surface area contributed by atoms with Crippen molar-refractivity contribution in [2.24, 2.45) is 0 Å². The summed E-state index contributed by atoms with van der Waals surface area (Å²) in [6, 6.07) is 12.0. The van der Waals surface area contributed by atoms with E-state index in [2.05, 4.69) is 20.3 Å². The van der Waals surface area contributed by atoms with Gasteiger partial charge in [-0.25, -0.2) is 0 Å². The zero-order valence-corrected chi connectivity index (χ0v) is 14.1. The Morgan fingerprint density at radius 3 is 2.54 bits per heavy atom. The molecule has 1 aliphatic rings. The van der Waals surface area contributed by atoms with Crippen molar-refractivity contribution in [1.29, 1.82) is 0 Å². The summed E-state index contributed by atoms with van der Waals surface area (Å²) in [5, 5.41) is 7.02. The Morgan fingerprint density at radius 2 is 1.88 bits per heavy atom. The molecule has 6 nitrogen and oxygen atoms in total. The number of carbonyl (C=O) groups excluding carboxylic acids is 1. The van der Waals surface area contributed by atoms with E-state index in [-0.39, 0.29) is 5.91 Å². The fourth-order valence-electron chi connectivity index (χ4n) is 2.88. The molecule has 6 heteroatoms. The SMILES string of the molecule is Cc1cc(CN2CCN(CC(=O)NCc3ccccc3)CC2)no1. The van der Waals surface area contributed by atoms with Crippen molar-refractivity contribution in [3.05, 3.63) is 53.4 Å². The third-order valence-electron chi connectivity index (χ3n) is 4.23. The molecular weight excluding hydrogens is 304 g/mol. The highest BCUT2D eigenvalue weighted by Crippen LogP contribution is 2.09. The molecule has 3 rings (SSSR count). The average molecular weight is 328 g/mol. The zero-order valence-electron chi connectivity index (χ0n) is 14.1. The second kappa shape index (κ2) is 8.08. The highest BCUT2D eigenvalue weighted by Gasteiger charge is 2.19. The summed E-state index contributed by atoms with van der Waals surface area (Å²) in [4.78, 5) is 16.6. The Bertz CT molecular complexity index is 648. The Hall–Kier alpha value is -2.18. The summed E-state index contributed by atoms with van der Waals surface area (Å²) in [5.74, 6) is 0.929. The number of hydrogen-bond donors (Lipinski definition) is 1. The van der Waals surface area contributed by atoms with Crippen LogP contribution in [-0.4, -0.2) is 53.6 Å². The van der Waals surface area contributed by atoms with Crippen LogP contribution in [0.3, 0.4) is 0 Å². The molecule has 0 aliphatic carbocycles. The molecule has 24 heavy (non-hydrogen) atoms. The maximum absolute atomic E-state index is 12.1. The van der Waals surface area contributed by atoms with Gasteiger partial charge in [-0.1, -0.05) is 35.5 Å². The number of piperazine rings is 1. The fraction of sp³-hybridized carbons (Fsp3) is 0.444. The predicted octanol–water partition coefficient (Wildman–Crippen LogP) is 1.42. The highest BCUT2D eigenvalue weighted by atomic mass is 16.5. The van der Waals surface area contributed by atoms with Crippen molar-refractivity contribution >= 4 is 5.91 Å². The lowest BCUT2D eigenvalue weighted by atomic mass is 10.2.